The number of nitrogens with one attached hydrogen (secondary N) is 3. The van der Waals surface area contributed by atoms with E-state index >= 15 is 4.39 Å². The van der Waals surface area contributed by atoms with E-state index in [4.69, 9.17) is 0 Å². The van der Waals surface area contributed by atoms with Crippen LogP contribution >= 0.6 is 0 Å². The van der Waals surface area contributed by atoms with Crippen molar-refractivity contribution in [2.75, 3.05) is 32.5 Å². The highest BCUT2D eigenvalue weighted by Crippen LogP contribution is 2.35. The summed E-state index contributed by atoms with van der Waals surface area (Å²) in [6.45, 7) is 3.36. The van der Waals surface area contributed by atoms with Crippen LogP contribution in [0.5, 0.6) is 0 Å². The van der Waals surface area contributed by atoms with Crippen LogP contribution in [0.25, 0.3) is 56.0 Å². The van der Waals surface area contributed by atoms with E-state index in [-0.39, 0.29) is 16.9 Å². The van der Waals surface area contributed by atoms with Crippen LogP contribution in [0, 0.1) is 18.6 Å². The zero-order valence-corrected chi connectivity index (χ0v) is 21.5. The molecular formula is C28H25F2N9. The highest BCUT2D eigenvalue weighted by Gasteiger charge is 2.22. The average molecular weight is 526 g/mol. The number of H-pyrrole nitrogens is 2. The summed E-state index contributed by atoms with van der Waals surface area (Å²) in [6.07, 6.45) is 6.34. The van der Waals surface area contributed by atoms with E-state index in [0.717, 1.165) is 12.1 Å². The minimum atomic E-state index is -0.480. The average Bonchev–Trinajstić information content (AvgIpc) is 3.53. The molecule has 0 aliphatic rings. The SMILES string of the molecule is Cc1ccncc1-c1cnc2n[nH]c(-c3nc4nccc(-c5cc(F)cc(NCCN(C)C)c5)c4[nH]3)c2c1F. The summed E-state index contributed by atoms with van der Waals surface area (Å²) in [4.78, 5) is 22.8. The molecule has 6 rings (SSSR count). The van der Waals surface area contributed by atoms with Gasteiger partial charge in [-0.2, -0.15) is 5.10 Å². The molecule has 0 spiro atoms. The Morgan fingerprint density at radius 3 is 2.64 bits per heavy atom. The predicted molar refractivity (Wildman–Crippen MR) is 147 cm³/mol. The first-order valence-electron chi connectivity index (χ1n) is 12.4. The van der Waals surface area contributed by atoms with Crippen molar-refractivity contribution in [3.8, 4) is 33.8 Å². The predicted octanol–water partition coefficient (Wildman–Crippen LogP) is 5.19. The van der Waals surface area contributed by atoms with Gasteiger partial charge in [0.15, 0.2) is 17.1 Å². The Balaban J connectivity index is 1.44. The lowest BCUT2D eigenvalue weighted by molar-refractivity contribution is 0.425. The standard InChI is InChI=1S/C28H25F2N9/c1-15-4-6-31-13-20(15)21-14-34-26-22(23(21)30)25(37-38-26)28-35-24-19(5-7-33-27(24)36-28)16-10-17(29)12-18(11-16)32-8-9-39(2)3/h4-7,10-14,32H,8-9H2,1-3H3,(H,33,35,36)(H,34,37,38). The van der Waals surface area contributed by atoms with E-state index in [9.17, 15) is 4.39 Å². The maximum absolute atomic E-state index is 15.9. The number of halogens is 2. The number of anilines is 1. The van der Waals surface area contributed by atoms with Gasteiger partial charge in [0.2, 0.25) is 0 Å². The van der Waals surface area contributed by atoms with Crippen LogP contribution in [0.4, 0.5) is 14.5 Å². The molecule has 11 heteroatoms. The van der Waals surface area contributed by atoms with Crippen LogP contribution in [0.2, 0.25) is 0 Å². The van der Waals surface area contributed by atoms with Gasteiger partial charge < -0.3 is 15.2 Å². The summed E-state index contributed by atoms with van der Waals surface area (Å²) in [6, 6.07) is 8.41. The lowest BCUT2D eigenvalue weighted by Gasteiger charge is -2.13. The van der Waals surface area contributed by atoms with Gasteiger partial charge in [-0.05, 0) is 62.5 Å². The van der Waals surface area contributed by atoms with Crippen molar-refractivity contribution in [2.45, 2.75) is 6.92 Å². The molecule has 0 atom stereocenters. The first-order valence-corrected chi connectivity index (χ1v) is 12.4. The molecule has 3 N–H and O–H groups in total. The van der Waals surface area contributed by atoms with Gasteiger partial charge in [-0.1, -0.05) is 0 Å². The lowest BCUT2D eigenvalue weighted by atomic mass is 10.0. The summed E-state index contributed by atoms with van der Waals surface area (Å²) in [5.41, 5.74) is 5.43. The molecule has 0 saturated heterocycles. The van der Waals surface area contributed by atoms with Gasteiger partial charge in [0.05, 0.1) is 10.9 Å². The molecule has 0 bridgehead atoms. The number of benzene rings is 1. The highest BCUT2D eigenvalue weighted by atomic mass is 19.1. The number of hydrogen-bond donors (Lipinski definition) is 3. The number of pyridine rings is 3. The number of likely N-dealkylation sites (N-methyl/N-ethyl adjacent to an activating group) is 1. The van der Waals surface area contributed by atoms with Gasteiger partial charge >= 0.3 is 0 Å². The van der Waals surface area contributed by atoms with Crippen LogP contribution in [-0.2, 0) is 0 Å². The molecule has 1 aromatic carbocycles. The summed E-state index contributed by atoms with van der Waals surface area (Å²) >= 11 is 0. The summed E-state index contributed by atoms with van der Waals surface area (Å²) in [5, 5.41) is 10.5. The van der Waals surface area contributed by atoms with Crippen molar-refractivity contribution < 1.29 is 8.78 Å². The lowest BCUT2D eigenvalue weighted by Crippen LogP contribution is -2.20. The fourth-order valence-corrected chi connectivity index (χ4v) is 4.60. The first kappa shape index (κ1) is 24.6. The molecule has 0 saturated carbocycles. The van der Waals surface area contributed by atoms with Crippen LogP contribution in [0.1, 0.15) is 5.56 Å². The van der Waals surface area contributed by atoms with Gasteiger partial charge in [-0.15, -0.1) is 0 Å². The Kier molecular flexibility index (Phi) is 6.20. The monoisotopic (exact) mass is 525 g/mol. The minimum absolute atomic E-state index is 0.203. The topological polar surface area (TPSA) is 111 Å². The molecule has 0 unspecified atom stereocenters. The Morgan fingerprint density at radius 1 is 0.949 bits per heavy atom. The van der Waals surface area contributed by atoms with E-state index < -0.39 is 5.82 Å². The van der Waals surface area contributed by atoms with Crippen LogP contribution < -0.4 is 5.32 Å². The second-order valence-corrected chi connectivity index (χ2v) is 9.57. The largest absolute Gasteiger partial charge is 0.384 e. The number of hydrogen-bond acceptors (Lipinski definition) is 7. The van der Waals surface area contributed by atoms with Crippen LogP contribution in [-0.4, -0.2) is 67.2 Å². The molecule has 0 aliphatic heterocycles. The van der Waals surface area contributed by atoms with Crippen molar-refractivity contribution in [3.05, 3.63) is 72.3 Å². The molecule has 0 fully saturated rings. The van der Waals surface area contributed by atoms with Gasteiger partial charge in [0.1, 0.15) is 17.3 Å². The third kappa shape index (κ3) is 4.57. The number of nitrogens with zero attached hydrogens (tertiary/aromatic N) is 6. The smallest absolute Gasteiger partial charge is 0.184 e. The van der Waals surface area contributed by atoms with Crippen LogP contribution in [0.15, 0.2) is 55.1 Å². The molecule has 5 aromatic heterocycles. The van der Waals surface area contributed by atoms with Crippen molar-refractivity contribution in [3.63, 3.8) is 0 Å². The van der Waals surface area contributed by atoms with E-state index in [1.807, 2.05) is 38.1 Å². The van der Waals surface area contributed by atoms with E-state index in [1.54, 1.807) is 24.7 Å². The second kappa shape index (κ2) is 9.84. The summed E-state index contributed by atoms with van der Waals surface area (Å²) in [7, 11) is 3.96. The van der Waals surface area contributed by atoms with Gasteiger partial charge in [-0.25, -0.2) is 23.7 Å². The zero-order chi connectivity index (χ0) is 27.1. The third-order valence-corrected chi connectivity index (χ3v) is 6.57. The number of fused-ring (bicyclic) bond motifs is 2. The molecule has 5 heterocycles. The summed E-state index contributed by atoms with van der Waals surface area (Å²) in [5.74, 6) is -0.503. The van der Waals surface area contributed by atoms with E-state index in [2.05, 4.69) is 40.4 Å². The maximum atomic E-state index is 15.9. The maximum Gasteiger partial charge on any atom is 0.184 e. The van der Waals surface area contributed by atoms with E-state index in [1.165, 1.54) is 18.3 Å². The van der Waals surface area contributed by atoms with Crippen LogP contribution in [0.3, 0.4) is 0 Å². The zero-order valence-electron chi connectivity index (χ0n) is 21.5. The summed E-state index contributed by atoms with van der Waals surface area (Å²) < 4.78 is 30.5. The molecule has 39 heavy (non-hydrogen) atoms. The normalized spacial score (nSPS) is 11.6. The van der Waals surface area contributed by atoms with Crippen molar-refractivity contribution in [2.24, 2.45) is 0 Å². The van der Waals surface area contributed by atoms with Crippen molar-refractivity contribution in [1.29, 1.82) is 0 Å². The molecule has 0 radical (unpaired) electrons. The third-order valence-electron chi connectivity index (χ3n) is 6.57. The van der Waals surface area contributed by atoms with Gasteiger partial charge in [-0.3, -0.25) is 10.1 Å². The van der Waals surface area contributed by atoms with Crippen molar-refractivity contribution >= 4 is 27.9 Å². The molecular weight excluding hydrogens is 500 g/mol. The number of aromatic nitrogens is 7. The second-order valence-electron chi connectivity index (χ2n) is 9.57. The Labute approximate surface area is 222 Å². The Hall–Kier alpha value is -4.77. The minimum Gasteiger partial charge on any atom is -0.384 e. The fraction of sp³-hybridized carbons (Fsp3) is 0.179. The molecule has 0 aliphatic carbocycles. The number of imidazole rings is 1. The van der Waals surface area contributed by atoms with Crippen molar-refractivity contribution in [1.82, 2.24) is 40.0 Å². The molecule has 0 amide bonds. The number of aromatic amines is 2. The highest BCUT2D eigenvalue weighted by molar-refractivity contribution is 5.96. The number of aryl methyl sites for hydroxylation is 1. The quantitative estimate of drug-likeness (QED) is 0.263. The fourth-order valence-electron chi connectivity index (χ4n) is 4.60. The molecule has 9 nitrogen and oxygen atoms in total. The molecule has 6 aromatic rings. The molecule has 196 valence electrons. The van der Waals surface area contributed by atoms with Gasteiger partial charge in [0, 0.05) is 60.3 Å². The Bertz CT molecular complexity index is 1820. The first-order chi connectivity index (χ1) is 18.9. The number of rotatable bonds is 7. The Morgan fingerprint density at radius 2 is 1.82 bits per heavy atom. The van der Waals surface area contributed by atoms with Gasteiger partial charge in [0.25, 0.3) is 0 Å². The van der Waals surface area contributed by atoms with E-state index in [0.29, 0.717) is 57.2 Å².